The van der Waals surface area contributed by atoms with Crippen LogP contribution in [0.1, 0.15) is 70.4 Å². The minimum absolute atomic E-state index is 0.0284. The van der Waals surface area contributed by atoms with Crippen molar-refractivity contribution >= 4 is 24.0 Å². The number of alkyl carbamates (subject to hydrolysis) is 1. The van der Waals surface area contributed by atoms with Gasteiger partial charge in [-0.1, -0.05) is 68.3 Å². The highest BCUT2D eigenvalue weighted by atomic mass is 16.6. The Bertz CT molecular complexity index is 1260. The summed E-state index contributed by atoms with van der Waals surface area (Å²) in [4.78, 5) is 41.2. The second-order valence-electron chi connectivity index (χ2n) is 12.3. The van der Waals surface area contributed by atoms with Gasteiger partial charge in [0.15, 0.2) is 0 Å². The van der Waals surface area contributed by atoms with E-state index in [0.717, 1.165) is 54.4 Å². The summed E-state index contributed by atoms with van der Waals surface area (Å²) in [6, 6.07) is 14.7. The number of hydrogen-bond acceptors (Lipinski definition) is 6. The van der Waals surface area contributed by atoms with Crippen molar-refractivity contribution in [2.45, 2.75) is 89.7 Å². The van der Waals surface area contributed by atoms with Gasteiger partial charge < -0.3 is 24.4 Å². The Labute approximate surface area is 249 Å². The van der Waals surface area contributed by atoms with E-state index in [1.807, 2.05) is 30.3 Å². The molecule has 0 spiro atoms. The quantitative estimate of drug-likeness (QED) is 0.361. The van der Waals surface area contributed by atoms with Crippen molar-refractivity contribution in [1.29, 1.82) is 0 Å². The molecular formula is C34H44N2O6. The fourth-order valence-electron chi connectivity index (χ4n) is 5.88. The monoisotopic (exact) mass is 576 g/mol. The Morgan fingerprint density at radius 2 is 1.74 bits per heavy atom. The molecule has 8 nitrogen and oxygen atoms in total. The van der Waals surface area contributed by atoms with Gasteiger partial charge >= 0.3 is 12.1 Å². The van der Waals surface area contributed by atoms with Crippen LogP contribution in [0.5, 0.6) is 0 Å². The molecule has 0 unspecified atom stereocenters. The van der Waals surface area contributed by atoms with Crippen molar-refractivity contribution in [3.63, 3.8) is 0 Å². The van der Waals surface area contributed by atoms with Crippen molar-refractivity contribution in [2.75, 3.05) is 13.7 Å². The van der Waals surface area contributed by atoms with E-state index in [2.05, 4.69) is 36.2 Å². The summed E-state index contributed by atoms with van der Waals surface area (Å²) in [6.07, 6.45) is 5.90. The molecule has 1 aliphatic carbocycles. The number of esters is 1. The molecule has 0 radical (unpaired) electrons. The van der Waals surface area contributed by atoms with Crippen LogP contribution in [0.3, 0.4) is 0 Å². The summed E-state index contributed by atoms with van der Waals surface area (Å²) in [5.74, 6) is -0.809. The third-order valence-electron chi connectivity index (χ3n) is 7.95. The minimum Gasteiger partial charge on any atom is -0.467 e. The van der Waals surface area contributed by atoms with Crippen LogP contribution in [-0.4, -0.2) is 60.3 Å². The second kappa shape index (κ2) is 14.0. The number of likely N-dealkylation sites (tertiary alicyclic amines) is 1. The number of nitrogens with zero attached hydrogens (tertiary/aromatic N) is 1. The number of benzene rings is 2. The Morgan fingerprint density at radius 3 is 2.40 bits per heavy atom. The molecule has 3 atom stereocenters. The first-order valence-corrected chi connectivity index (χ1v) is 14.9. The van der Waals surface area contributed by atoms with Gasteiger partial charge in [0.2, 0.25) is 5.91 Å². The van der Waals surface area contributed by atoms with Crippen LogP contribution >= 0.6 is 0 Å². The van der Waals surface area contributed by atoms with Crippen molar-refractivity contribution in [3.8, 4) is 11.1 Å². The number of carbonyl (C=O) groups excluding carboxylic acids is 3. The summed E-state index contributed by atoms with van der Waals surface area (Å²) >= 11 is 0. The lowest BCUT2D eigenvalue weighted by molar-refractivity contribution is -0.152. The van der Waals surface area contributed by atoms with Crippen LogP contribution in [0.4, 0.5) is 4.79 Å². The summed E-state index contributed by atoms with van der Waals surface area (Å²) in [5.41, 5.74) is 3.49. The van der Waals surface area contributed by atoms with Crippen LogP contribution in [0.25, 0.3) is 17.2 Å². The highest BCUT2D eigenvalue weighted by Gasteiger charge is 2.45. The van der Waals surface area contributed by atoms with Gasteiger partial charge in [-0.3, -0.25) is 4.79 Å². The standard InChI is InChI=1S/C34H44N2O6/c1-6-23-12-10-16-26(18-23)27-17-11-13-24(19-27)22-41-28-20-29(32(38)40-5)36(21-28)31(37)30(25-14-8-7-9-15-25)35-33(39)42-34(2,3)4/h6,10-13,16-19,25,28-30H,1,7-9,14-15,20-22H2,2-5H3,(H,35,39)/t28-,29+,30+/m1/s1. The van der Waals surface area contributed by atoms with Gasteiger partial charge in [0.1, 0.15) is 17.7 Å². The molecule has 2 aromatic rings. The second-order valence-corrected chi connectivity index (χ2v) is 12.3. The Hall–Kier alpha value is -3.65. The van der Waals surface area contributed by atoms with E-state index in [1.165, 1.54) is 12.0 Å². The van der Waals surface area contributed by atoms with Crippen molar-refractivity contribution < 1.29 is 28.6 Å². The predicted molar refractivity (Wildman–Crippen MR) is 162 cm³/mol. The molecule has 1 saturated carbocycles. The van der Waals surface area contributed by atoms with Gasteiger partial charge in [0, 0.05) is 13.0 Å². The summed E-state index contributed by atoms with van der Waals surface area (Å²) < 4.78 is 16.8. The highest BCUT2D eigenvalue weighted by Crippen LogP contribution is 2.31. The molecule has 4 rings (SSSR count). The van der Waals surface area contributed by atoms with E-state index >= 15 is 0 Å². The molecule has 2 fully saturated rings. The van der Waals surface area contributed by atoms with Crippen LogP contribution in [0, 0.1) is 5.92 Å². The van der Waals surface area contributed by atoms with Gasteiger partial charge in [-0.25, -0.2) is 9.59 Å². The minimum atomic E-state index is -0.785. The Balaban J connectivity index is 1.48. The molecule has 2 aromatic carbocycles. The average Bonchev–Trinajstić information content (AvgIpc) is 3.42. The first-order chi connectivity index (χ1) is 20.1. The van der Waals surface area contributed by atoms with E-state index in [1.54, 1.807) is 20.8 Å². The lowest BCUT2D eigenvalue weighted by atomic mass is 9.83. The van der Waals surface area contributed by atoms with E-state index in [4.69, 9.17) is 14.2 Å². The normalized spacial score (nSPS) is 20.0. The van der Waals surface area contributed by atoms with Crippen LogP contribution < -0.4 is 5.32 Å². The predicted octanol–water partition coefficient (Wildman–Crippen LogP) is 6.13. The molecule has 1 saturated heterocycles. The van der Waals surface area contributed by atoms with Gasteiger partial charge in [-0.15, -0.1) is 0 Å². The molecule has 0 aromatic heterocycles. The average molecular weight is 577 g/mol. The molecule has 8 heteroatoms. The maximum Gasteiger partial charge on any atom is 0.408 e. The van der Waals surface area contributed by atoms with Gasteiger partial charge in [0.05, 0.1) is 19.8 Å². The fourth-order valence-corrected chi connectivity index (χ4v) is 5.88. The highest BCUT2D eigenvalue weighted by molar-refractivity contribution is 5.90. The number of rotatable bonds is 9. The molecule has 2 amide bonds. The third kappa shape index (κ3) is 8.22. The molecule has 1 N–H and O–H groups in total. The molecule has 0 bridgehead atoms. The Kier molecular flexibility index (Phi) is 10.4. The van der Waals surface area contributed by atoms with Gasteiger partial charge in [-0.05, 0) is 73.9 Å². The first-order valence-electron chi connectivity index (χ1n) is 14.9. The molecule has 2 aliphatic rings. The summed E-state index contributed by atoms with van der Waals surface area (Å²) in [6.45, 7) is 9.78. The van der Waals surface area contributed by atoms with E-state index < -0.39 is 29.7 Å². The maximum absolute atomic E-state index is 14.0. The topological polar surface area (TPSA) is 94.2 Å². The zero-order valence-corrected chi connectivity index (χ0v) is 25.3. The van der Waals surface area contributed by atoms with E-state index in [-0.39, 0.29) is 24.5 Å². The Morgan fingerprint density at radius 1 is 1.05 bits per heavy atom. The molecule has 1 heterocycles. The lowest BCUT2D eigenvalue weighted by Crippen LogP contribution is -2.55. The smallest absolute Gasteiger partial charge is 0.408 e. The van der Waals surface area contributed by atoms with Gasteiger partial charge in [-0.2, -0.15) is 0 Å². The number of hydrogen-bond donors (Lipinski definition) is 1. The third-order valence-corrected chi connectivity index (χ3v) is 7.95. The van der Waals surface area contributed by atoms with Crippen molar-refractivity contribution in [3.05, 3.63) is 66.2 Å². The summed E-state index contributed by atoms with van der Waals surface area (Å²) in [7, 11) is 1.32. The lowest BCUT2D eigenvalue weighted by Gasteiger charge is -2.34. The first kappa shape index (κ1) is 31.3. The molecule has 1 aliphatic heterocycles. The number of ether oxygens (including phenoxy) is 3. The van der Waals surface area contributed by atoms with Crippen LogP contribution in [0.15, 0.2) is 55.1 Å². The SMILES string of the molecule is C=Cc1cccc(-c2cccc(CO[C@@H]3C[C@@H](C(=O)OC)N(C(=O)[C@@H](NC(=O)OC(C)(C)C)C4CCCCC4)C3)c2)c1. The van der Waals surface area contributed by atoms with E-state index in [9.17, 15) is 14.4 Å². The zero-order chi connectivity index (χ0) is 30.3. The molecular weight excluding hydrogens is 532 g/mol. The number of methoxy groups -OCH3 is 1. The number of carbonyl (C=O) groups is 3. The zero-order valence-electron chi connectivity index (χ0n) is 25.3. The largest absolute Gasteiger partial charge is 0.467 e. The molecule has 42 heavy (non-hydrogen) atoms. The number of amides is 2. The molecule has 226 valence electrons. The van der Waals surface area contributed by atoms with Crippen LogP contribution in [0.2, 0.25) is 0 Å². The fraction of sp³-hybridized carbons (Fsp3) is 0.500. The van der Waals surface area contributed by atoms with E-state index in [0.29, 0.717) is 13.0 Å². The van der Waals surface area contributed by atoms with Crippen molar-refractivity contribution in [1.82, 2.24) is 10.2 Å². The van der Waals surface area contributed by atoms with Gasteiger partial charge in [0.25, 0.3) is 0 Å². The maximum atomic E-state index is 14.0. The number of nitrogens with one attached hydrogen (secondary N) is 1. The van der Waals surface area contributed by atoms with Crippen molar-refractivity contribution in [2.24, 2.45) is 5.92 Å². The summed E-state index contributed by atoms with van der Waals surface area (Å²) in [5, 5.41) is 2.85. The van der Waals surface area contributed by atoms with Crippen LogP contribution in [-0.2, 0) is 30.4 Å².